The quantitative estimate of drug-likeness (QED) is 0.664. The first-order valence-electron chi connectivity index (χ1n) is 9.40. The largest absolute Gasteiger partial charge is 0.492 e. The van der Waals surface area contributed by atoms with E-state index >= 15 is 0 Å². The minimum absolute atomic E-state index is 0.0285. The summed E-state index contributed by atoms with van der Waals surface area (Å²) in [7, 11) is 0. The smallest absolute Gasteiger partial charge is 0.255 e. The van der Waals surface area contributed by atoms with Gasteiger partial charge >= 0.3 is 0 Å². The standard InChI is InChI=1S/C21H32BrNO2/c1-14(2)13-25-19-11-8-16(22)12-18(19)20(24)23-17-9-6-15(7-10-17)21(3,4)5/h8,11-12,14-15,17H,6-7,9-10,13H2,1-5H3,(H,23,24). The SMILES string of the molecule is CC(C)COc1ccc(Br)cc1C(=O)NC1CCC(C(C)(C)C)CC1. The first-order chi connectivity index (χ1) is 11.7. The third kappa shape index (κ3) is 6.02. The van der Waals surface area contributed by atoms with E-state index in [9.17, 15) is 4.79 Å². The third-order valence-corrected chi connectivity index (χ3v) is 5.54. The predicted molar refractivity (Wildman–Crippen MR) is 107 cm³/mol. The summed E-state index contributed by atoms with van der Waals surface area (Å²) in [6, 6.07) is 5.91. The first kappa shape index (κ1) is 20.3. The van der Waals surface area contributed by atoms with Crippen LogP contribution in [0.4, 0.5) is 0 Å². The minimum atomic E-state index is -0.0285. The maximum absolute atomic E-state index is 12.8. The molecule has 0 unspecified atom stereocenters. The maximum Gasteiger partial charge on any atom is 0.255 e. The van der Waals surface area contributed by atoms with Gasteiger partial charge in [-0.3, -0.25) is 4.79 Å². The van der Waals surface area contributed by atoms with Crippen molar-refractivity contribution in [3.8, 4) is 5.75 Å². The number of halogens is 1. The molecule has 0 atom stereocenters. The fraction of sp³-hybridized carbons (Fsp3) is 0.667. The molecule has 1 aromatic rings. The Balaban J connectivity index is 2.00. The summed E-state index contributed by atoms with van der Waals surface area (Å²) >= 11 is 3.46. The lowest BCUT2D eigenvalue weighted by atomic mass is 9.71. The van der Waals surface area contributed by atoms with E-state index in [2.05, 4.69) is 55.9 Å². The molecule has 1 aromatic carbocycles. The predicted octanol–water partition coefficient (Wildman–Crippen LogP) is 5.82. The lowest BCUT2D eigenvalue weighted by Gasteiger charge is -2.37. The van der Waals surface area contributed by atoms with E-state index in [1.807, 2.05) is 18.2 Å². The topological polar surface area (TPSA) is 38.3 Å². The molecule has 1 saturated carbocycles. The second-order valence-corrected chi connectivity index (χ2v) is 9.65. The Morgan fingerprint density at radius 2 is 1.88 bits per heavy atom. The van der Waals surface area contributed by atoms with Crippen molar-refractivity contribution in [3.05, 3.63) is 28.2 Å². The highest BCUT2D eigenvalue weighted by atomic mass is 79.9. The number of hydrogen-bond donors (Lipinski definition) is 1. The molecule has 0 saturated heterocycles. The lowest BCUT2D eigenvalue weighted by Crippen LogP contribution is -2.39. The molecule has 0 spiro atoms. The van der Waals surface area contributed by atoms with Gasteiger partial charge in [-0.1, -0.05) is 50.5 Å². The number of ether oxygens (including phenoxy) is 1. The van der Waals surface area contributed by atoms with Gasteiger partial charge in [0, 0.05) is 10.5 Å². The van der Waals surface area contributed by atoms with Crippen molar-refractivity contribution < 1.29 is 9.53 Å². The van der Waals surface area contributed by atoms with Gasteiger partial charge in [-0.15, -0.1) is 0 Å². The van der Waals surface area contributed by atoms with E-state index in [-0.39, 0.29) is 11.9 Å². The average molecular weight is 410 g/mol. The molecule has 140 valence electrons. The number of hydrogen-bond acceptors (Lipinski definition) is 2. The van der Waals surface area contributed by atoms with Crippen molar-refractivity contribution in [2.24, 2.45) is 17.3 Å². The second kappa shape index (κ2) is 8.57. The van der Waals surface area contributed by atoms with E-state index in [1.165, 1.54) is 12.8 Å². The van der Waals surface area contributed by atoms with Crippen LogP contribution in [0.25, 0.3) is 0 Å². The Bertz CT molecular complexity index is 584. The molecule has 1 aliphatic rings. The van der Waals surface area contributed by atoms with Gasteiger partial charge in [-0.2, -0.15) is 0 Å². The monoisotopic (exact) mass is 409 g/mol. The molecule has 0 heterocycles. The highest BCUT2D eigenvalue weighted by molar-refractivity contribution is 9.10. The molecule has 2 rings (SSSR count). The van der Waals surface area contributed by atoms with E-state index in [0.717, 1.165) is 23.2 Å². The van der Waals surface area contributed by atoms with Gasteiger partial charge in [0.15, 0.2) is 0 Å². The molecule has 1 N–H and O–H groups in total. The molecule has 1 fully saturated rings. The van der Waals surface area contributed by atoms with E-state index in [0.29, 0.717) is 29.3 Å². The van der Waals surface area contributed by atoms with E-state index in [4.69, 9.17) is 4.74 Å². The zero-order valence-electron chi connectivity index (χ0n) is 16.2. The highest BCUT2D eigenvalue weighted by Crippen LogP contribution is 2.37. The molecule has 0 radical (unpaired) electrons. The maximum atomic E-state index is 12.8. The second-order valence-electron chi connectivity index (χ2n) is 8.73. The van der Waals surface area contributed by atoms with Crippen molar-refractivity contribution in [3.63, 3.8) is 0 Å². The van der Waals surface area contributed by atoms with E-state index < -0.39 is 0 Å². The number of rotatable bonds is 5. The summed E-state index contributed by atoms with van der Waals surface area (Å²) in [6.07, 6.45) is 4.49. The number of carbonyl (C=O) groups is 1. The Kier molecular flexibility index (Phi) is 6.95. The van der Waals surface area contributed by atoms with Crippen molar-refractivity contribution in [2.75, 3.05) is 6.61 Å². The molecule has 0 bridgehead atoms. The Hall–Kier alpha value is -1.03. The van der Waals surface area contributed by atoms with Gasteiger partial charge in [0.25, 0.3) is 5.91 Å². The van der Waals surface area contributed by atoms with Crippen molar-refractivity contribution in [1.29, 1.82) is 0 Å². The molecule has 1 amide bonds. The molecule has 0 aromatic heterocycles. The molecular formula is C21H32BrNO2. The third-order valence-electron chi connectivity index (χ3n) is 5.05. The Labute approximate surface area is 161 Å². The van der Waals surface area contributed by atoms with Gasteiger partial charge in [-0.05, 0) is 61.1 Å². The summed E-state index contributed by atoms with van der Waals surface area (Å²) in [6.45, 7) is 11.8. The average Bonchev–Trinajstić information content (AvgIpc) is 2.53. The van der Waals surface area contributed by atoms with Crippen LogP contribution in [-0.2, 0) is 0 Å². The molecule has 1 aliphatic carbocycles. The molecule has 0 aliphatic heterocycles. The van der Waals surface area contributed by atoms with Gasteiger partial charge in [0.1, 0.15) is 5.75 Å². The summed E-state index contributed by atoms with van der Waals surface area (Å²) < 4.78 is 6.74. The number of amides is 1. The molecule has 25 heavy (non-hydrogen) atoms. The first-order valence-corrected chi connectivity index (χ1v) is 10.2. The molecular weight excluding hydrogens is 378 g/mol. The van der Waals surface area contributed by atoms with Gasteiger partial charge < -0.3 is 10.1 Å². The van der Waals surface area contributed by atoms with Gasteiger partial charge in [0.2, 0.25) is 0 Å². The van der Waals surface area contributed by atoms with Crippen LogP contribution in [0.5, 0.6) is 5.75 Å². The fourth-order valence-electron chi connectivity index (χ4n) is 3.43. The van der Waals surface area contributed by atoms with Crippen LogP contribution in [0.3, 0.4) is 0 Å². The number of benzene rings is 1. The van der Waals surface area contributed by atoms with E-state index in [1.54, 1.807) is 0 Å². The number of nitrogens with one attached hydrogen (secondary N) is 1. The van der Waals surface area contributed by atoms with Crippen molar-refractivity contribution >= 4 is 21.8 Å². The normalized spacial score (nSPS) is 21.2. The van der Waals surface area contributed by atoms with Crippen LogP contribution in [0.2, 0.25) is 0 Å². The van der Waals surface area contributed by atoms with Crippen LogP contribution in [0.1, 0.15) is 70.7 Å². The Morgan fingerprint density at radius 3 is 2.44 bits per heavy atom. The summed E-state index contributed by atoms with van der Waals surface area (Å²) in [5.41, 5.74) is 0.977. The molecule has 3 nitrogen and oxygen atoms in total. The van der Waals surface area contributed by atoms with Crippen LogP contribution >= 0.6 is 15.9 Å². The van der Waals surface area contributed by atoms with Crippen LogP contribution in [0, 0.1) is 17.3 Å². The lowest BCUT2D eigenvalue weighted by molar-refractivity contribution is 0.0899. The van der Waals surface area contributed by atoms with Gasteiger partial charge in [0.05, 0.1) is 12.2 Å². The van der Waals surface area contributed by atoms with Crippen LogP contribution in [0.15, 0.2) is 22.7 Å². The van der Waals surface area contributed by atoms with Crippen molar-refractivity contribution in [2.45, 2.75) is 66.3 Å². The Morgan fingerprint density at radius 1 is 1.24 bits per heavy atom. The highest BCUT2D eigenvalue weighted by Gasteiger charge is 2.30. The zero-order valence-corrected chi connectivity index (χ0v) is 17.8. The van der Waals surface area contributed by atoms with Gasteiger partial charge in [-0.25, -0.2) is 0 Å². The van der Waals surface area contributed by atoms with Crippen LogP contribution < -0.4 is 10.1 Å². The fourth-order valence-corrected chi connectivity index (χ4v) is 3.79. The summed E-state index contributed by atoms with van der Waals surface area (Å²) in [4.78, 5) is 12.8. The van der Waals surface area contributed by atoms with Crippen molar-refractivity contribution in [1.82, 2.24) is 5.32 Å². The minimum Gasteiger partial charge on any atom is -0.492 e. The number of carbonyl (C=O) groups excluding carboxylic acids is 1. The molecule has 4 heteroatoms. The zero-order chi connectivity index (χ0) is 18.6. The summed E-state index contributed by atoms with van der Waals surface area (Å²) in [5, 5.41) is 3.22. The van der Waals surface area contributed by atoms with Crippen LogP contribution in [-0.4, -0.2) is 18.6 Å². The summed E-state index contributed by atoms with van der Waals surface area (Å²) in [5.74, 6) is 1.81.